The molecule has 0 radical (unpaired) electrons. The Bertz CT molecular complexity index is 559. The highest BCUT2D eigenvalue weighted by Gasteiger charge is 2.35. The predicted molar refractivity (Wildman–Crippen MR) is 83.7 cm³/mol. The molecular weight excluding hydrogens is 278 g/mol. The molecule has 4 heteroatoms. The highest BCUT2D eigenvalue weighted by atomic mass is 16.5. The first-order chi connectivity index (χ1) is 10.8. The van der Waals surface area contributed by atoms with Gasteiger partial charge in [-0.1, -0.05) is 6.42 Å². The van der Waals surface area contributed by atoms with Crippen LogP contribution in [0.4, 0.5) is 0 Å². The van der Waals surface area contributed by atoms with Crippen LogP contribution in [0.25, 0.3) is 0 Å². The number of rotatable bonds is 2. The molecule has 4 nitrogen and oxygen atoms in total. The van der Waals surface area contributed by atoms with Gasteiger partial charge in [-0.15, -0.1) is 0 Å². The van der Waals surface area contributed by atoms with Crippen LogP contribution in [0.5, 0.6) is 11.5 Å². The molecule has 22 heavy (non-hydrogen) atoms. The number of carbonyl (C=O) groups is 1. The second-order valence-electron chi connectivity index (χ2n) is 6.74. The minimum absolute atomic E-state index is 0.154. The summed E-state index contributed by atoms with van der Waals surface area (Å²) in [7, 11) is 0. The Labute approximate surface area is 131 Å². The van der Waals surface area contributed by atoms with Crippen molar-refractivity contribution in [2.45, 2.75) is 50.6 Å². The Morgan fingerprint density at radius 1 is 1.00 bits per heavy atom. The predicted octanol–water partition coefficient (Wildman–Crippen LogP) is 2.95. The summed E-state index contributed by atoms with van der Waals surface area (Å²) in [6.45, 7) is 1.33. The summed E-state index contributed by atoms with van der Waals surface area (Å²) < 4.78 is 11.4. The first-order valence-corrected chi connectivity index (χ1v) is 8.49. The van der Waals surface area contributed by atoms with Gasteiger partial charge in [0.2, 0.25) is 0 Å². The molecule has 0 aromatic heterocycles. The van der Waals surface area contributed by atoms with Gasteiger partial charge in [-0.2, -0.15) is 0 Å². The molecular formula is C18H23NO3. The Hall–Kier alpha value is -1.55. The van der Waals surface area contributed by atoms with Gasteiger partial charge >= 0.3 is 0 Å². The number of ketones is 1. The van der Waals surface area contributed by atoms with Crippen molar-refractivity contribution in [3.63, 3.8) is 0 Å². The molecule has 1 aromatic rings. The van der Waals surface area contributed by atoms with Gasteiger partial charge in [-0.25, -0.2) is 0 Å². The van der Waals surface area contributed by atoms with Crippen molar-refractivity contribution in [1.82, 2.24) is 5.32 Å². The number of hydrogen-bond acceptors (Lipinski definition) is 4. The average Bonchev–Trinajstić information content (AvgIpc) is 2.78. The topological polar surface area (TPSA) is 47.6 Å². The van der Waals surface area contributed by atoms with Gasteiger partial charge in [0.05, 0.1) is 13.2 Å². The lowest BCUT2D eigenvalue weighted by molar-refractivity contribution is 0.0824. The van der Waals surface area contributed by atoms with Crippen molar-refractivity contribution in [3.05, 3.63) is 23.8 Å². The van der Waals surface area contributed by atoms with E-state index in [2.05, 4.69) is 5.32 Å². The van der Waals surface area contributed by atoms with E-state index in [4.69, 9.17) is 9.47 Å². The molecule has 3 aliphatic rings. The van der Waals surface area contributed by atoms with Crippen LogP contribution in [0.15, 0.2) is 18.2 Å². The fourth-order valence-electron chi connectivity index (χ4n) is 4.03. The Morgan fingerprint density at radius 3 is 2.50 bits per heavy atom. The number of ether oxygens (including phenoxy) is 2. The van der Waals surface area contributed by atoms with Gasteiger partial charge in [-0.05, 0) is 43.9 Å². The van der Waals surface area contributed by atoms with Crippen LogP contribution in [-0.4, -0.2) is 31.1 Å². The maximum atomic E-state index is 12.9. The number of carbonyl (C=O) groups excluding carboxylic acids is 1. The minimum atomic E-state index is 0.154. The van der Waals surface area contributed by atoms with Crippen LogP contribution in [0.1, 0.15) is 48.9 Å². The first-order valence-electron chi connectivity index (χ1n) is 8.49. The van der Waals surface area contributed by atoms with E-state index in [1.165, 1.54) is 19.3 Å². The zero-order chi connectivity index (χ0) is 14.9. The van der Waals surface area contributed by atoms with Crippen molar-refractivity contribution in [3.8, 4) is 11.5 Å². The monoisotopic (exact) mass is 301 g/mol. The lowest BCUT2D eigenvalue weighted by Gasteiger charge is -2.39. The fourth-order valence-corrected chi connectivity index (χ4v) is 4.03. The molecule has 0 amide bonds. The van der Waals surface area contributed by atoms with E-state index in [1.54, 1.807) is 0 Å². The molecule has 2 saturated heterocycles. The highest BCUT2D eigenvalue weighted by Crippen LogP contribution is 2.35. The van der Waals surface area contributed by atoms with E-state index >= 15 is 0 Å². The molecule has 2 fully saturated rings. The van der Waals surface area contributed by atoms with E-state index < -0.39 is 0 Å². The van der Waals surface area contributed by atoms with E-state index in [-0.39, 0.29) is 11.7 Å². The Morgan fingerprint density at radius 2 is 1.73 bits per heavy atom. The number of nitrogens with one attached hydrogen (secondary N) is 1. The van der Waals surface area contributed by atoms with Crippen LogP contribution >= 0.6 is 0 Å². The zero-order valence-corrected chi connectivity index (χ0v) is 12.8. The van der Waals surface area contributed by atoms with E-state index in [0.717, 1.165) is 36.3 Å². The third-order valence-electron chi connectivity index (χ3n) is 5.12. The molecule has 118 valence electrons. The quantitative estimate of drug-likeness (QED) is 0.853. The fraction of sp³-hybridized carbons (Fsp3) is 0.611. The highest BCUT2D eigenvalue weighted by molar-refractivity contribution is 5.98. The normalized spacial score (nSPS) is 30.5. The summed E-state index contributed by atoms with van der Waals surface area (Å²) in [5.74, 6) is 1.91. The Balaban J connectivity index is 1.54. The lowest BCUT2D eigenvalue weighted by atomic mass is 9.77. The SMILES string of the molecule is O=C(c1ccc2c(c1)OCCCO2)C1CC2CCCC(C1)N2. The second-order valence-corrected chi connectivity index (χ2v) is 6.74. The summed E-state index contributed by atoms with van der Waals surface area (Å²) >= 11 is 0. The molecule has 0 saturated carbocycles. The number of benzene rings is 1. The van der Waals surface area contributed by atoms with Crippen molar-refractivity contribution in [2.75, 3.05) is 13.2 Å². The van der Waals surface area contributed by atoms with E-state index in [0.29, 0.717) is 25.3 Å². The van der Waals surface area contributed by atoms with Gasteiger partial charge < -0.3 is 14.8 Å². The first kappa shape index (κ1) is 14.1. The van der Waals surface area contributed by atoms with Crippen molar-refractivity contribution >= 4 is 5.78 Å². The van der Waals surface area contributed by atoms with Crippen molar-refractivity contribution in [2.24, 2.45) is 5.92 Å². The third kappa shape index (κ3) is 2.72. The van der Waals surface area contributed by atoms with Gasteiger partial charge in [0.1, 0.15) is 0 Å². The summed E-state index contributed by atoms with van der Waals surface area (Å²) in [5.41, 5.74) is 0.772. The van der Waals surface area contributed by atoms with Crippen molar-refractivity contribution in [1.29, 1.82) is 0 Å². The summed E-state index contributed by atoms with van der Waals surface area (Å²) in [4.78, 5) is 12.9. The number of fused-ring (bicyclic) bond motifs is 3. The molecule has 3 heterocycles. The van der Waals surface area contributed by atoms with Gasteiger partial charge in [0.25, 0.3) is 0 Å². The summed E-state index contributed by atoms with van der Waals surface area (Å²) in [6, 6.07) is 6.72. The maximum absolute atomic E-state index is 12.9. The summed E-state index contributed by atoms with van der Waals surface area (Å²) in [6.07, 6.45) is 6.55. The minimum Gasteiger partial charge on any atom is -0.490 e. The average molecular weight is 301 g/mol. The van der Waals surface area contributed by atoms with Crippen LogP contribution in [0.3, 0.4) is 0 Å². The maximum Gasteiger partial charge on any atom is 0.166 e. The van der Waals surface area contributed by atoms with Crippen LogP contribution < -0.4 is 14.8 Å². The largest absolute Gasteiger partial charge is 0.490 e. The molecule has 1 N–H and O–H groups in total. The molecule has 2 atom stereocenters. The molecule has 0 spiro atoms. The number of Topliss-reactive ketones (excluding diaryl/α,β-unsaturated/α-hetero) is 1. The lowest BCUT2D eigenvalue weighted by Crippen LogP contribution is -2.50. The molecule has 1 aromatic carbocycles. The van der Waals surface area contributed by atoms with E-state index in [1.807, 2.05) is 18.2 Å². The van der Waals surface area contributed by atoms with Gasteiger partial charge in [0, 0.05) is 30.0 Å². The van der Waals surface area contributed by atoms with Crippen molar-refractivity contribution < 1.29 is 14.3 Å². The summed E-state index contributed by atoms with van der Waals surface area (Å²) in [5, 5.41) is 3.65. The molecule has 2 unspecified atom stereocenters. The number of piperidine rings is 2. The molecule has 3 aliphatic heterocycles. The Kier molecular flexibility index (Phi) is 3.78. The molecule has 2 bridgehead atoms. The van der Waals surface area contributed by atoms with Gasteiger partial charge in [0.15, 0.2) is 17.3 Å². The van der Waals surface area contributed by atoms with Crippen LogP contribution in [0, 0.1) is 5.92 Å². The van der Waals surface area contributed by atoms with Crippen LogP contribution in [0.2, 0.25) is 0 Å². The standard InChI is InChI=1S/C18H23NO3/c20-18(13-9-14-3-1-4-15(10-13)19-14)12-5-6-16-17(11-12)22-8-2-7-21-16/h5-6,11,13-15,19H,1-4,7-10H2. The zero-order valence-electron chi connectivity index (χ0n) is 12.8. The molecule has 0 aliphatic carbocycles. The smallest absolute Gasteiger partial charge is 0.166 e. The molecule has 4 rings (SSSR count). The van der Waals surface area contributed by atoms with Crippen LogP contribution in [-0.2, 0) is 0 Å². The van der Waals surface area contributed by atoms with Gasteiger partial charge in [-0.3, -0.25) is 4.79 Å². The number of hydrogen-bond donors (Lipinski definition) is 1. The third-order valence-corrected chi connectivity index (χ3v) is 5.12. The second kappa shape index (κ2) is 5.92. The van der Waals surface area contributed by atoms with E-state index in [9.17, 15) is 4.79 Å².